The Morgan fingerprint density at radius 3 is 2.62 bits per heavy atom. The number of amides is 2. The summed E-state index contributed by atoms with van der Waals surface area (Å²) in [5, 5.41) is 0. The van der Waals surface area contributed by atoms with Gasteiger partial charge in [-0.3, -0.25) is 9.59 Å². The molecule has 5 heteroatoms. The van der Waals surface area contributed by atoms with E-state index in [1.54, 1.807) is 11.0 Å². The fourth-order valence-corrected chi connectivity index (χ4v) is 2.95. The molecule has 3 rings (SSSR count). The van der Waals surface area contributed by atoms with Crippen LogP contribution in [0.1, 0.15) is 42.8 Å². The van der Waals surface area contributed by atoms with Gasteiger partial charge in [0, 0.05) is 31.5 Å². The number of hydrogen-bond acceptors (Lipinski definition) is 3. The zero-order chi connectivity index (χ0) is 18.5. The maximum Gasteiger partial charge on any atom is 0.247 e. The van der Waals surface area contributed by atoms with Gasteiger partial charge < -0.3 is 15.1 Å². The van der Waals surface area contributed by atoms with Crippen molar-refractivity contribution in [1.29, 1.82) is 0 Å². The molecule has 1 aliphatic rings. The summed E-state index contributed by atoms with van der Waals surface area (Å²) in [7, 11) is 0. The molecule has 2 atom stereocenters. The minimum Gasteiger partial charge on any atom is -0.461 e. The second kappa shape index (κ2) is 8.04. The third-order valence-electron chi connectivity index (χ3n) is 4.67. The summed E-state index contributed by atoms with van der Waals surface area (Å²) in [6.45, 7) is 2.92. The second-order valence-electron chi connectivity index (χ2n) is 6.85. The zero-order valence-electron chi connectivity index (χ0n) is 14.9. The van der Waals surface area contributed by atoms with Gasteiger partial charge in [-0.1, -0.05) is 37.3 Å². The lowest BCUT2D eigenvalue weighted by atomic mass is 10.2. The molecule has 1 heterocycles. The van der Waals surface area contributed by atoms with Crippen molar-refractivity contribution in [1.82, 2.24) is 4.90 Å². The van der Waals surface area contributed by atoms with Crippen LogP contribution < -0.4 is 5.73 Å². The molecule has 0 saturated heterocycles. The Balaban J connectivity index is 1.65. The minimum atomic E-state index is -0.422. The lowest BCUT2D eigenvalue weighted by Gasteiger charge is -2.20. The zero-order valence-corrected chi connectivity index (χ0v) is 14.9. The first-order valence-electron chi connectivity index (χ1n) is 8.92. The first kappa shape index (κ1) is 18.0. The monoisotopic (exact) mass is 352 g/mol. The Kier molecular flexibility index (Phi) is 5.56. The van der Waals surface area contributed by atoms with Crippen LogP contribution in [0, 0.1) is 5.92 Å². The Bertz CT molecular complexity index is 795. The van der Waals surface area contributed by atoms with Crippen molar-refractivity contribution in [3.63, 3.8) is 0 Å². The van der Waals surface area contributed by atoms with Crippen molar-refractivity contribution in [2.75, 3.05) is 6.54 Å². The van der Waals surface area contributed by atoms with Crippen molar-refractivity contribution in [3.05, 3.63) is 65.6 Å². The molecule has 1 fully saturated rings. The Morgan fingerprint density at radius 1 is 1.23 bits per heavy atom. The van der Waals surface area contributed by atoms with E-state index in [1.807, 2.05) is 42.5 Å². The van der Waals surface area contributed by atoms with Gasteiger partial charge in [-0.2, -0.15) is 0 Å². The Hall–Kier alpha value is -2.82. The molecule has 1 aromatic heterocycles. The standard InChI is InChI=1S/C21H24N2O3/c1-15-13-18(15)19-9-7-17(26-19)8-10-21(25)23(12-11-20(22)24)14-16-5-3-2-4-6-16/h2-10,15,18H,11-14H2,1H3,(H2,22,24)/b10-8+. The first-order valence-corrected chi connectivity index (χ1v) is 8.92. The van der Waals surface area contributed by atoms with Crippen molar-refractivity contribution in [3.8, 4) is 0 Å². The summed E-state index contributed by atoms with van der Waals surface area (Å²) in [5.74, 6) is 2.25. The molecule has 2 amide bonds. The molecule has 0 aliphatic heterocycles. The molecule has 26 heavy (non-hydrogen) atoms. The molecule has 136 valence electrons. The van der Waals surface area contributed by atoms with Crippen LogP contribution in [0.25, 0.3) is 6.08 Å². The van der Waals surface area contributed by atoms with Crippen molar-refractivity contribution >= 4 is 17.9 Å². The first-order chi connectivity index (χ1) is 12.5. The van der Waals surface area contributed by atoms with Crippen LogP contribution in [-0.4, -0.2) is 23.3 Å². The maximum atomic E-state index is 12.6. The number of carbonyl (C=O) groups is 2. The van der Waals surface area contributed by atoms with Gasteiger partial charge in [-0.15, -0.1) is 0 Å². The van der Waals surface area contributed by atoms with Gasteiger partial charge in [-0.05, 0) is 36.1 Å². The maximum absolute atomic E-state index is 12.6. The predicted octanol–water partition coefficient (Wildman–Crippen LogP) is 3.32. The third-order valence-corrected chi connectivity index (χ3v) is 4.67. The van der Waals surface area contributed by atoms with Gasteiger partial charge in [0.25, 0.3) is 0 Å². The minimum absolute atomic E-state index is 0.136. The number of nitrogens with two attached hydrogens (primary N) is 1. The SMILES string of the molecule is CC1CC1c1ccc(/C=C/C(=O)N(CCC(N)=O)Cc2ccccc2)o1. The van der Waals surface area contributed by atoms with Gasteiger partial charge in [0.15, 0.2) is 0 Å². The van der Waals surface area contributed by atoms with Gasteiger partial charge in [-0.25, -0.2) is 0 Å². The summed E-state index contributed by atoms with van der Waals surface area (Å²) < 4.78 is 5.79. The summed E-state index contributed by atoms with van der Waals surface area (Å²) in [6, 6.07) is 13.5. The van der Waals surface area contributed by atoms with Crippen molar-refractivity contribution in [2.45, 2.75) is 32.2 Å². The number of carbonyl (C=O) groups excluding carboxylic acids is 2. The van der Waals surface area contributed by atoms with Crippen molar-refractivity contribution < 1.29 is 14.0 Å². The van der Waals surface area contributed by atoms with E-state index in [2.05, 4.69) is 6.92 Å². The average molecular weight is 352 g/mol. The van der Waals surface area contributed by atoms with Crippen LogP contribution >= 0.6 is 0 Å². The quantitative estimate of drug-likeness (QED) is 0.741. The van der Waals surface area contributed by atoms with Gasteiger partial charge >= 0.3 is 0 Å². The Labute approximate surface area is 153 Å². The highest BCUT2D eigenvalue weighted by Crippen LogP contribution is 2.47. The third kappa shape index (κ3) is 4.85. The number of primary amides is 1. The van der Waals surface area contributed by atoms with Gasteiger partial charge in [0.05, 0.1) is 0 Å². The normalized spacial score (nSPS) is 18.8. The molecule has 1 aromatic carbocycles. The average Bonchev–Trinajstić information content (AvgIpc) is 3.17. The van der Waals surface area contributed by atoms with Crippen LogP contribution in [0.2, 0.25) is 0 Å². The van der Waals surface area contributed by atoms with E-state index >= 15 is 0 Å². The lowest BCUT2D eigenvalue weighted by molar-refractivity contribution is -0.127. The molecular weight excluding hydrogens is 328 g/mol. The Morgan fingerprint density at radius 2 is 1.96 bits per heavy atom. The van der Waals surface area contributed by atoms with Gasteiger partial charge in [0.1, 0.15) is 11.5 Å². The summed E-state index contributed by atoms with van der Waals surface area (Å²) in [6.07, 6.45) is 4.47. The van der Waals surface area contributed by atoms with Gasteiger partial charge in [0.2, 0.25) is 11.8 Å². The van der Waals surface area contributed by atoms with Crippen LogP contribution in [0.15, 0.2) is 53.0 Å². The highest BCUT2D eigenvalue weighted by Gasteiger charge is 2.36. The van der Waals surface area contributed by atoms with Crippen LogP contribution in [0.3, 0.4) is 0 Å². The molecule has 0 bridgehead atoms. The summed E-state index contributed by atoms with van der Waals surface area (Å²) in [4.78, 5) is 25.3. The van der Waals surface area contributed by atoms with E-state index < -0.39 is 5.91 Å². The molecular formula is C21H24N2O3. The summed E-state index contributed by atoms with van der Waals surface area (Å²) in [5.41, 5.74) is 6.24. The fraction of sp³-hybridized carbons (Fsp3) is 0.333. The molecule has 5 nitrogen and oxygen atoms in total. The van der Waals surface area contributed by atoms with E-state index in [9.17, 15) is 9.59 Å². The fourth-order valence-electron chi connectivity index (χ4n) is 2.95. The molecule has 2 unspecified atom stereocenters. The van der Waals surface area contributed by atoms with Crippen molar-refractivity contribution in [2.24, 2.45) is 11.7 Å². The molecule has 1 saturated carbocycles. The predicted molar refractivity (Wildman–Crippen MR) is 99.9 cm³/mol. The molecule has 2 N–H and O–H groups in total. The highest BCUT2D eigenvalue weighted by atomic mass is 16.3. The number of hydrogen-bond donors (Lipinski definition) is 1. The van der Waals surface area contributed by atoms with E-state index in [-0.39, 0.29) is 18.9 Å². The van der Waals surface area contributed by atoms with Crippen LogP contribution in [-0.2, 0) is 16.1 Å². The van der Waals surface area contributed by atoms with E-state index in [0.29, 0.717) is 24.1 Å². The number of nitrogens with zero attached hydrogens (tertiary/aromatic N) is 1. The van der Waals surface area contributed by atoms with Crippen LogP contribution in [0.5, 0.6) is 0 Å². The smallest absolute Gasteiger partial charge is 0.247 e. The number of furan rings is 1. The van der Waals surface area contributed by atoms with Crippen LogP contribution in [0.4, 0.5) is 0 Å². The lowest BCUT2D eigenvalue weighted by Crippen LogP contribution is -2.32. The number of rotatable bonds is 8. The molecule has 0 spiro atoms. The second-order valence-corrected chi connectivity index (χ2v) is 6.85. The summed E-state index contributed by atoms with van der Waals surface area (Å²) >= 11 is 0. The van der Waals surface area contributed by atoms with E-state index in [1.165, 1.54) is 6.08 Å². The van der Waals surface area contributed by atoms with E-state index in [4.69, 9.17) is 10.2 Å². The largest absolute Gasteiger partial charge is 0.461 e. The highest BCUT2D eigenvalue weighted by molar-refractivity contribution is 5.91. The molecule has 1 aliphatic carbocycles. The molecule has 0 radical (unpaired) electrons. The topological polar surface area (TPSA) is 76.5 Å². The van der Waals surface area contributed by atoms with E-state index in [0.717, 1.165) is 17.7 Å². The molecule has 2 aromatic rings. The number of benzene rings is 1.